The van der Waals surface area contributed by atoms with E-state index < -0.39 is 6.17 Å². The second-order valence-electron chi connectivity index (χ2n) is 7.33. The Morgan fingerprint density at radius 2 is 1.97 bits per heavy atom. The third kappa shape index (κ3) is 3.34. The molecule has 8 nitrogen and oxygen atoms in total. The summed E-state index contributed by atoms with van der Waals surface area (Å²) in [5.41, 5.74) is 9.91. The van der Waals surface area contributed by atoms with Gasteiger partial charge in [0, 0.05) is 17.4 Å². The number of halogens is 1. The number of nitrogens with two attached hydrogens (primary N) is 1. The molecule has 4 aromatic rings. The van der Waals surface area contributed by atoms with Crippen molar-refractivity contribution in [2.75, 3.05) is 11.1 Å². The zero-order valence-electron chi connectivity index (χ0n) is 16.0. The molecule has 0 radical (unpaired) electrons. The third-order valence-corrected chi connectivity index (χ3v) is 5.03. The molecule has 9 heteroatoms. The Bertz CT molecular complexity index is 1290. The molecule has 0 bridgehead atoms. The molecule has 1 fully saturated rings. The Balaban J connectivity index is 1.40. The first-order chi connectivity index (χ1) is 14.5. The second-order valence-corrected chi connectivity index (χ2v) is 7.33. The van der Waals surface area contributed by atoms with Gasteiger partial charge in [-0.1, -0.05) is 17.3 Å². The summed E-state index contributed by atoms with van der Waals surface area (Å²) in [6.07, 6.45) is 2.50. The van der Waals surface area contributed by atoms with E-state index in [2.05, 4.69) is 25.4 Å². The largest absolute Gasteiger partial charge is 0.397 e. The molecule has 0 unspecified atom stereocenters. The van der Waals surface area contributed by atoms with Crippen molar-refractivity contribution in [3.63, 3.8) is 0 Å². The summed E-state index contributed by atoms with van der Waals surface area (Å²) < 4.78 is 18.4. The first-order valence-corrected chi connectivity index (χ1v) is 9.39. The van der Waals surface area contributed by atoms with Gasteiger partial charge in [0.15, 0.2) is 0 Å². The molecule has 3 N–H and O–H groups in total. The topological polar surface area (TPSA) is 120 Å². The smallest absolute Gasteiger partial charge is 0.257 e. The number of anilines is 2. The molecule has 2 atom stereocenters. The van der Waals surface area contributed by atoms with Crippen LogP contribution in [0.25, 0.3) is 22.4 Å². The lowest BCUT2D eigenvalue weighted by molar-refractivity contribution is 0.102. The van der Waals surface area contributed by atoms with Crippen molar-refractivity contribution in [3.05, 3.63) is 59.7 Å². The van der Waals surface area contributed by atoms with Crippen LogP contribution in [-0.2, 0) is 0 Å². The van der Waals surface area contributed by atoms with Gasteiger partial charge in [-0.15, -0.1) is 0 Å². The lowest BCUT2D eigenvalue weighted by Gasteiger charge is -2.10. The van der Waals surface area contributed by atoms with Crippen LogP contribution < -0.4 is 11.1 Å². The van der Waals surface area contributed by atoms with Crippen LogP contribution in [-0.4, -0.2) is 32.2 Å². The number of aromatic nitrogens is 4. The Kier molecular flexibility index (Phi) is 4.16. The first kappa shape index (κ1) is 18.2. The normalized spacial score (nSPS) is 17.8. The second kappa shape index (κ2) is 6.87. The van der Waals surface area contributed by atoms with Crippen LogP contribution >= 0.6 is 0 Å². The fourth-order valence-electron chi connectivity index (χ4n) is 3.15. The fourth-order valence-corrected chi connectivity index (χ4v) is 3.15. The number of carbonyl (C=O) groups is 1. The average Bonchev–Trinajstić information content (AvgIpc) is 3.26. The molecule has 0 saturated heterocycles. The van der Waals surface area contributed by atoms with E-state index in [1.54, 1.807) is 18.2 Å². The summed E-state index contributed by atoms with van der Waals surface area (Å²) in [6, 6.07) is 8.79. The standard InChI is InChI=1S/C21H17FN6O2/c1-10-2-3-11(19-27-21(30-28-19)14-7-15(14)22)4-16(10)26-20(29)12-5-17-18(24-8-12)6-13(23)9-25-17/h2-6,8-9,14-15H,7,23H2,1H3,(H,26,29)/t14-,15-/m0/s1. The van der Waals surface area contributed by atoms with E-state index >= 15 is 0 Å². The Hall–Kier alpha value is -3.88. The molecule has 3 heterocycles. The van der Waals surface area contributed by atoms with Crippen molar-refractivity contribution in [2.45, 2.75) is 25.4 Å². The number of hydrogen-bond donors (Lipinski definition) is 2. The average molecular weight is 404 g/mol. The molecule has 1 aliphatic carbocycles. The van der Waals surface area contributed by atoms with Crippen molar-refractivity contribution in [2.24, 2.45) is 0 Å². The van der Waals surface area contributed by atoms with Crippen LogP contribution in [0.3, 0.4) is 0 Å². The monoisotopic (exact) mass is 404 g/mol. The van der Waals surface area contributed by atoms with E-state index in [9.17, 15) is 9.18 Å². The molecular formula is C21H17FN6O2. The molecular weight excluding hydrogens is 387 g/mol. The van der Waals surface area contributed by atoms with Gasteiger partial charge in [0.25, 0.3) is 5.91 Å². The van der Waals surface area contributed by atoms with Crippen molar-refractivity contribution in [1.82, 2.24) is 20.1 Å². The fraction of sp³-hybridized carbons (Fsp3) is 0.190. The molecule has 30 heavy (non-hydrogen) atoms. The number of nitrogens with one attached hydrogen (secondary N) is 1. The van der Waals surface area contributed by atoms with Crippen LogP contribution in [0.5, 0.6) is 0 Å². The molecule has 5 rings (SSSR count). The molecule has 0 spiro atoms. The van der Waals surface area contributed by atoms with Gasteiger partial charge in [-0.25, -0.2) is 4.39 Å². The summed E-state index contributed by atoms with van der Waals surface area (Å²) in [5.74, 6) is 0.0309. The first-order valence-electron chi connectivity index (χ1n) is 9.39. The van der Waals surface area contributed by atoms with E-state index in [4.69, 9.17) is 10.3 Å². The number of alkyl halides is 1. The molecule has 150 valence electrons. The van der Waals surface area contributed by atoms with Gasteiger partial charge in [0.2, 0.25) is 11.7 Å². The number of amides is 1. The maximum Gasteiger partial charge on any atom is 0.257 e. The van der Waals surface area contributed by atoms with Crippen LogP contribution in [0.15, 0.2) is 47.2 Å². The number of pyridine rings is 2. The summed E-state index contributed by atoms with van der Waals surface area (Å²) in [4.78, 5) is 25.5. The Labute approximate surface area is 170 Å². The highest BCUT2D eigenvalue weighted by Gasteiger charge is 2.43. The molecule has 1 aliphatic rings. The number of nitrogen functional groups attached to an aromatic ring is 1. The summed E-state index contributed by atoms with van der Waals surface area (Å²) >= 11 is 0. The van der Waals surface area contributed by atoms with Gasteiger partial charge in [-0.3, -0.25) is 14.8 Å². The van der Waals surface area contributed by atoms with Crippen molar-refractivity contribution >= 4 is 28.3 Å². The summed E-state index contributed by atoms with van der Waals surface area (Å²) in [6.45, 7) is 1.88. The molecule has 3 aromatic heterocycles. The van der Waals surface area contributed by atoms with E-state index in [0.29, 0.717) is 51.7 Å². The van der Waals surface area contributed by atoms with Gasteiger partial charge >= 0.3 is 0 Å². The lowest BCUT2D eigenvalue weighted by atomic mass is 10.1. The quantitative estimate of drug-likeness (QED) is 0.533. The molecule has 0 aliphatic heterocycles. The SMILES string of the molecule is Cc1ccc(-c2noc([C@H]3C[C@@H]3F)n2)cc1NC(=O)c1cnc2cc(N)cnc2c1. The maximum absolute atomic E-state index is 13.2. The highest BCUT2D eigenvalue weighted by Crippen LogP contribution is 2.43. The minimum atomic E-state index is -0.910. The molecule has 1 aromatic carbocycles. The number of fused-ring (bicyclic) bond motifs is 1. The van der Waals surface area contributed by atoms with E-state index in [-0.39, 0.29) is 11.8 Å². The Morgan fingerprint density at radius 1 is 1.20 bits per heavy atom. The van der Waals surface area contributed by atoms with E-state index in [0.717, 1.165) is 5.56 Å². The zero-order valence-corrected chi connectivity index (χ0v) is 16.0. The number of aryl methyl sites for hydroxylation is 1. The highest BCUT2D eigenvalue weighted by atomic mass is 19.1. The van der Waals surface area contributed by atoms with Gasteiger partial charge in [-0.2, -0.15) is 4.98 Å². The molecule has 1 amide bonds. The minimum Gasteiger partial charge on any atom is -0.397 e. The zero-order chi connectivity index (χ0) is 20.8. The maximum atomic E-state index is 13.2. The van der Waals surface area contributed by atoms with Crippen LogP contribution in [0, 0.1) is 6.92 Å². The number of hydrogen-bond acceptors (Lipinski definition) is 7. The van der Waals surface area contributed by atoms with Gasteiger partial charge in [-0.05, 0) is 37.1 Å². The lowest BCUT2D eigenvalue weighted by Crippen LogP contribution is -2.13. The Morgan fingerprint density at radius 3 is 2.77 bits per heavy atom. The third-order valence-electron chi connectivity index (χ3n) is 5.03. The number of carbonyl (C=O) groups excluding carboxylic acids is 1. The van der Waals surface area contributed by atoms with Crippen LogP contribution in [0.4, 0.5) is 15.8 Å². The van der Waals surface area contributed by atoms with Crippen LogP contribution in [0.1, 0.15) is 34.2 Å². The summed E-state index contributed by atoms with van der Waals surface area (Å²) in [7, 11) is 0. The summed E-state index contributed by atoms with van der Waals surface area (Å²) in [5, 5.41) is 6.82. The van der Waals surface area contributed by atoms with Gasteiger partial charge in [0.1, 0.15) is 6.17 Å². The minimum absolute atomic E-state index is 0.305. The van der Waals surface area contributed by atoms with Crippen molar-refractivity contribution < 1.29 is 13.7 Å². The predicted molar refractivity (Wildman–Crippen MR) is 109 cm³/mol. The molecule has 1 saturated carbocycles. The van der Waals surface area contributed by atoms with Gasteiger partial charge < -0.3 is 15.6 Å². The van der Waals surface area contributed by atoms with E-state index in [1.807, 2.05) is 19.1 Å². The number of rotatable bonds is 4. The number of nitrogens with zero attached hydrogens (tertiary/aromatic N) is 4. The van der Waals surface area contributed by atoms with Crippen LogP contribution in [0.2, 0.25) is 0 Å². The van der Waals surface area contributed by atoms with Gasteiger partial charge in [0.05, 0.1) is 34.4 Å². The van der Waals surface area contributed by atoms with E-state index in [1.165, 1.54) is 12.4 Å². The number of benzene rings is 1. The van der Waals surface area contributed by atoms with Crippen molar-refractivity contribution in [1.29, 1.82) is 0 Å². The highest BCUT2D eigenvalue weighted by molar-refractivity contribution is 6.06. The predicted octanol–water partition coefficient (Wildman–Crippen LogP) is 3.65. The van der Waals surface area contributed by atoms with Crippen molar-refractivity contribution in [3.8, 4) is 11.4 Å².